The summed E-state index contributed by atoms with van der Waals surface area (Å²) < 4.78 is 59.2. The zero-order valence-corrected chi connectivity index (χ0v) is 29.2. The number of aromatic carboxylic acids is 1. The highest BCUT2D eigenvalue weighted by Gasteiger charge is 2.34. The van der Waals surface area contributed by atoms with Crippen LogP contribution in [0.15, 0.2) is 89.9 Å². The highest BCUT2D eigenvalue weighted by atomic mass is 19.4. The van der Waals surface area contributed by atoms with Crippen molar-refractivity contribution in [1.82, 2.24) is 29.7 Å². The fraction of sp³-hybridized carbons (Fsp3) is 0.325. The molecule has 10 nitrogen and oxygen atoms in total. The van der Waals surface area contributed by atoms with Gasteiger partial charge in [0.15, 0.2) is 5.82 Å². The van der Waals surface area contributed by atoms with E-state index in [1.54, 1.807) is 0 Å². The van der Waals surface area contributed by atoms with Crippen LogP contribution in [0.2, 0.25) is 0 Å². The predicted octanol–water partition coefficient (Wildman–Crippen LogP) is 7.46. The molecule has 6 aromatic rings. The lowest BCUT2D eigenvalue weighted by Gasteiger charge is -2.40. The molecule has 3 heterocycles. The van der Waals surface area contributed by atoms with Crippen molar-refractivity contribution in [3.8, 4) is 0 Å². The molecule has 0 spiro atoms. The van der Waals surface area contributed by atoms with Crippen molar-refractivity contribution < 1.29 is 27.5 Å². The van der Waals surface area contributed by atoms with E-state index >= 15 is 4.39 Å². The van der Waals surface area contributed by atoms with Crippen LogP contribution in [-0.2, 0) is 12.7 Å². The molecule has 1 atom stereocenters. The molecule has 0 amide bonds. The maximum absolute atomic E-state index is 16.0. The summed E-state index contributed by atoms with van der Waals surface area (Å²) >= 11 is 0. The molecular formula is C40H37F4N7O3. The third-order valence-corrected chi connectivity index (χ3v) is 10.8. The second kappa shape index (κ2) is 14.3. The van der Waals surface area contributed by atoms with Crippen molar-refractivity contribution in [2.45, 2.75) is 56.9 Å². The van der Waals surface area contributed by atoms with Crippen LogP contribution >= 0.6 is 0 Å². The van der Waals surface area contributed by atoms with Gasteiger partial charge in [0.1, 0.15) is 11.4 Å². The van der Waals surface area contributed by atoms with E-state index in [1.807, 2.05) is 27.8 Å². The van der Waals surface area contributed by atoms with Gasteiger partial charge in [-0.25, -0.2) is 13.9 Å². The van der Waals surface area contributed by atoms with Crippen molar-refractivity contribution in [3.63, 3.8) is 0 Å². The van der Waals surface area contributed by atoms with Gasteiger partial charge in [0.05, 0.1) is 28.9 Å². The first kappa shape index (κ1) is 35.4. The van der Waals surface area contributed by atoms with E-state index in [9.17, 15) is 27.9 Å². The molecule has 0 bridgehead atoms. The lowest BCUT2D eigenvalue weighted by molar-refractivity contribution is -0.137. The summed E-state index contributed by atoms with van der Waals surface area (Å²) in [5.74, 6) is -1.40. The Hall–Kier alpha value is -5.63. The molecule has 54 heavy (non-hydrogen) atoms. The number of alkyl halides is 3. The minimum absolute atomic E-state index is 0.0452. The van der Waals surface area contributed by atoms with Crippen LogP contribution in [0, 0.1) is 5.82 Å². The molecule has 2 aromatic heterocycles. The maximum Gasteiger partial charge on any atom is 0.416 e. The second-order valence-electron chi connectivity index (χ2n) is 14.1. The topological polar surface area (TPSA) is 109 Å². The Morgan fingerprint density at radius 1 is 0.889 bits per heavy atom. The summed E-state index contributed by atoms with van der Waals surface area (Å²) in [5, 5.41) is 25.1. The molecule has 0 radical (unpaired) electrons. The smallest absolute Gasteiger partial charge is 0.416 e. The Balaban J connectivity index is 1.13. The number of carbonyl (C=O) groups is 1. The minimum Gasteiger partial charge on any atom is -0.477 e. The maximum atomic E-state index is 16.0. The van der Waals surface area contributed by atoms with Gasteiger partial charge in [-0.05, 0) is 69.4 Å². The third kappa shape index (κ3) is 6.70. The highest BCUT2D eigenvalue weighted by molar-refractivity contribution is 5.93. The molecule has 1 saturated heterocycles. The fourth-order valence-corrected chi connectivity index (χ4v) is 8.10. The van der Waals surface area contributed by atoms with Crippen molar-refractivity contribution in [1.29, 1.82) is 0 Å². The number of halogens is 4. The van der Waals surface area contributed by atoms with Crippen molar-refractivity contribution >= 4 is 33.3 Å². The fourth-order valence-electron chi connectivity index (χ4n) is 8.10. The number of piperazine rings is 1. The van der Waals surface area contributed by atoms with Crippen LogP contribution in [-0.4, -0.2) is 66.9 Å². The summed E-state index contributed by atoms with van der Waals surface area (Å²) in [7, 11) is 0. The van der Waals surface area contributed by atoms with Crippen LogP contribution < -0.4 is 10.3 Å². The Labute approximate surface area is 307 Å². The number of hydrogen-bond donors (Lipinski definition) is 1. The first-order chi connectivity index (χ1) is 26.1. The molecule has 8 rings (SSSR count). The zero-order valence-electron chi connectivity index (χ0n) is 29.2. The summed E-state index contributed by atoms with van der Waals surface area (Å²) in [6.07, 6.45) is 2.09. The number of carboxylic acid groups (broad SMARTS) is 1. The second-order valence-corrected chi connectivity index (χ2v) is 14.1. The van der Waals surface area contributed by atoms with Crippen LogP contribution in [0.5, 0.6) is 0 Å². The number of nitrogens with zero attached hydrogens (tertiary/aromatic N) is 7. The first-order valence-electron chi connectivity index (χ1n) is 18.1. The van der Waals surface area contributed by atoms with Crippen LogP contribution in [0.4, 0.5) is 23.2 Å². The molecule has 2 fully saturated rings. The van der Waals surface area contributed by atoms with Crippen molar-refractivity contribution in [2.24, 2.45) is 0 Å². The molecular weight excluding hydrogens is 702 g/mol. The van der Waals surface area contributed by atoms with Gasteiger partial charge >= 0.3 is 12.1 Å². The largest absolute Gasteiger partial charge is 0.477 e. The van der Waals surface area contributed by atoms with Gasteiger partial charge in [-0.3, -0.25) is 9.69 Å². The van der Waals surface area contributed by atoms with E-state index in [2.05, 4.69) is 44.7 Å². The van der Waals surface area contributed by atoms with Crippen LogP contribution in [0.1, 0.15) is 77.1 Å². The molecule has 4 aromatic carbocycles. The van der Waals surface area contributed by atoms with E-state index in [1.165, 1.54) is 29.2 Å². The monoisotopic (exact) mass is 739 g/mol. The quantitative estimate of drug-likeness (QED) is 0.160. The molecule has 278 valence electrons. The Kier molecular flexibility index (Phi) is 9.38. The van der Waals surface area contributed by atoms with E-state index in [-0.39, 0.29) is 35.2 Å². The number of fused-ring (bicyclic) bond motifs is 2. The third-order valence-electron chi connectivity index (χ3n) is 10.8. The van der Waals surface area contributed by atoms with Crippen molar-refractivity contribution in [3.05, 3.63) is 129 Å². The Morgan fingerprint density at radius 3 is 2.33 bits per heavy atom. The lowest BCUT2D eigenvalue weighted by Crippen LogP contribution is -2.48. The van der Waals surface area contributed by atoms with Crippen LogP contribution in [0.3, 0.4) is 0 Å². The number of benzene rings is 4. The highest BCUT2D eigenvalue weighted by Crippen LogP contribution is 2.37. The number of tetrazole rings is 1. The van der Waals surface area contributed by atoms with E-state index in [0.29, 0.717) is 31.7 Å². The van der Waals surface area contributed by atoms with Gasteiger partial charge in [-0.15, -0.1) is 5.10 Å². The molecule has 1 unspecified atom stereocenters. The normalized spacial score (nSPS) is 16.6. The molecule has 14 heteroatoms. The van der Waals surface area contributed by atoms with E-state index in [4.69, 9.17) is 0 Å². The molecule has 1 saturated carbocycles. The average molecular weight is 740 g/mol. The number of anilines is 1. The standard InChI is InChI=1S/C40H37F4N7O3/c41-33-21-31-34(50(24-32(37(31)52)39(53)54)23-25-13-15-27(16-14-25)40(42,43)44)22-35(33)48-17-19-49(20-18-48)36(30-12-6-8-26-7-4-5-11-29(26)30)38-45-46-47-51(38)28-9-2-1-3-10-28/h4-8,11-16,21-22,24,28,36H,1-3,9-10,17-20,23H2,(H,53,54). The SMILES string of the molecule is O=C(O)c1cn(Cc2ccc(C(F)(F)F)cc2)c2cc(N3CCN(C(c4cccc5ccccc45)c4nnnn4C4CCCCC4)CC3)c(F)cc2c1=O. The minimum atomic E-state index is -4.52. The van der Waals surface area contributed by atoms with Gasteiger partial charge in [-0.2, -0.15) is 13.2 Å². The summed E-state index contributed by atoms with van der Waals surface area (Å²) in [6.45, 7) is 1.85. The van der Waals surface area contributed by atoms with Gasteiger partial charge in [-0.1, -0.05) is 73.9 Å². The van der Waals surface area contributed by atoms with Gasteiger partial charge in [0, 0.05) is 44.3 Å². The number of pyridine rings is 1. The predicted molar refractivity (Wildman–Crippen MR) is 195 cm³/mol. The summed E-state index contributed by atoms with van der Waals surface area (Å²) in [6, 6.07) is 21.5. The first-order valence-corrected chi connectivity index (χ1v) is 18.1. The van der Waals surface area contributed by atoms with Crippen molar-refractivity contribution in [2.75, 3.05) is 31.1 Å². The number of aromatic nitrogens is 5. The lowest BCUT2D eigenvalue weighted by atomic mass is 9.93. The van der Waals surface area contributed by atoms with Gasteiger partial charge in [0.2, 0.25) is 5.43 Å². The molecule has 1 aliphatic carbocycles. The van der Waals surface area contributed by atoms with Crippen LogP contribution in [0.25, 0.3) is 21.7 Å². The number of hydrogen-bond acceptors (Lipinski definition) is 7. The summed E-state index contributed by atoms with van der Waals surface area (Å²) in [5.41, 5.74) is -0.205. The van der Waals surface area contributed by atoms with Gasteiger partial charge in [0.25, 0.3) is 0 Å². The Bertz CT molecular complexity index is 2390. The number of carboxylic acids is 1. The number of rotatable bonds is 8. The Morgan fingerprint density at radius 2 is 1.61 bits per heavy atom. The van der Waals surface area contributed by atoms with E-state index < -0.39 is 34.5 Å². The molecule has 1 N–H and O–H groups in total. The van der Waals surface area contributed by atoms with Gasteiger partial charge < -0.3 is 14.6 Å². The summed E-state index contributed by atoms with van der Waals surface area (Å²) in [4.78, 5) is 29.5. The average Bonchev–Trinajstić information content (AvgIpc) is 3.66. The van der Waals surface area contributed by atoms with E-state index in [0.717, 1.165) is 72.2 Å². The molecule has 2 aliphatic rings. The molecule has 1 aliphatic heterocycles. The zero-order chi connectivity index (χ0) is 37.6.